The molecule has 3 aromatic carbocycles. The molecule has 10 nitrogen and oxygen atoms in total. The van der Waals surface area contributed by atoms with E-state index in [0.29, 0.717) is 17.7 Å². The Kier molecular flexibility index (Phi) is 8.00. The number of carbonyl (C=O) groups excluding carboxylic acids is 2. The van der Waals surface area contributed by atoms with E-state index in [9.17, 15) is 23.9 Å². The Bertz CT molecular complexity index is 1610. The molecule has 43 heavy (non-hydrogen) atoms. The van der Waals surface area contributed by atoms with Gasteiger partial charge >= 0.3 is 5.97 Å². The Labute approximate surface area is 252 Å². The number of carbonyl (C=O) groups is 3. The van der Waals surface area contributed by atoms with Crippen LogP contribution in [0.1, 0.15) is 39.5 Å². The standard InChI is InChI=1S/C31H29ClFN5O5/c32-23-5-1-4-22(27(23)33)24-17-26(43-36-24)30(40)38-14-11-20-21(3-2-6-25(20)37-15-12-34-13-16-37)28(38)29(39)35-19-9-7-18(8-10-19)31(41)42/h1-10,26,28,34H,11-17H2,(H,35,39)(H,41,42)/t26-,28+/m1/s1. The summed E-state index contributed by atoms with van der Waals surface area (Å²) in [7, 11) is 0. The third kappa shape index (κ3) is 5.65. The molecule has 222 valence electrons. The Hall–Kier alpha value is -4.48. The molecule has 3 heterocycles. The van der Waals surface area contributed by atoms with Crippen molar-refractivity contribution in [1.29, 1.82) is 0 Å². The molecule has 0 bridgehead atoms. The second kappa shape index (κ2) is 12.0. The van der Waals surface area contributed by atoms with Gasteiger partial charge in [0.05, 0.1) is 16.3 Å². The average Bonchev–Trinajstić information content (AvgIpc) is 3.52. The maximum atomic E-state index is 14.7. The number of hydrogen-bond acceptors (Lipinski definition) is 7. The van der Waals surface area contributed by atoms with Crippen LogP contribution in [-0.4, -0.2) is 72.3 Å². The number of nitrogens with one attached hydrogen (secondary N) is 2. The third-order valence-corrected chi connectivity index (χ3v) is 8.28. The highest BCUT2D eigenvalue weighted by molar-refractivity contribution is 6.31. The van der Waals surface area contributed by atoms with E-state index in [4.69, 9.17) is 16.4 Å². The minimum atomic E-state index is -1.08. The zero-order chi connectivity index (χ0) is 30.1. The number of carboxylic acids is 1. The van der Waals surface area contributed by atoms with Crippen molar-refractivity contribution in [1.82, 2.24) is 10.2 Å². The fourth-order valence-corrected chi connectivity index (χ4v) is 6.03. The second-order valence-electron chi connectivity index (χ2n) is 10.6. The topological polar surface area (TPSA) is 124 Å². The number of fused-ring (bicyclic) bond motifs is 1. The number of carboxylic acid groups (broad SMARTS) is 1. The number of rotatable bonds is 6. The SMILES string of the molecule is O=C(O)c1ccc(NC(=O)[C@@H]2c3cccc(N4CCNCC4)c3CCN2C(=O)[C@H]2CC(c3cccc(Cl)c3F)=NO2)cc1. The molecular formula is C31H29ClFN5O5. The summed E-state index contributed by atoms with van der Waals surface area (Å²) in [5, 5.41) is 19.4. The van der Waals surface area contributed by atoms with E-state index < -0.39 is 35.7 Å². The predicted molar refractivity (Wildman–Crippen MR) is 159 cm³/mol. The van der Waals surface area contributed by atoms with Gasteiger partial charge in [0.15, 0.2) is 5.82 Å². The zero-order valence-electron chi connectivity index (χ0n) is 23.1. The monoisotopic (exact) mass is 605 g/mol. The van der Waals surface area contributed by atoms with Gasteiger partial charge in [-0.1, -0.05) is 35.0 Å². The smallest absolute Gasteiger partial charge is 0.335 e. The minimum absolute atomic E-state index is 0.0191. The van der Waals surface area contributed by atoms with E-state index in [1.165, 1.54) is 41.3 Å². The first-order chi connectivity index (χ1) is 20.8. The van der Waals surface area contributed by atoms with Gasteiger partial charge in [0.1, 0.15) is 6.04 Å². The lowest BCUT2D eigenvalue weighted by Gasteiger charge is -2.40. The molecule has 0 aromatic heterocycles. The fraction of sp³-hybridized carbons (Fsp3) is 0.290. The lowest BCUT2D eigenvalue weighted by molar-refractivity contribution is -0.148. The molecule has 6 rings (SSSR count). The molecule has 12 heteroatoms. The molecule has 0 radical (unpaired) electrons. The number of oxime groups is 1. The van der Waals surface area contributed by atoms with Crippen molar-refractivity contribution in [3.63, 3.8) is 0 Å². The van der Waals surface area contributed by atoms with Gasteiger partial charge < -0.3 is 30.4 Å². The average molecular weight is 606 g/mol. The molecule has 0 aliphatic carbocycles. The summed E-state index contributed by atoms with van der Waals surface area (Å²) >= 11 is 5.95. The maximum Gasteiger partial charge on any atom is 0.335 e. The van der Waals surface area contributed by atoms with E-state index >= 15 is 0 Å². The molecular weight excluding hydrogens is 577 g/mol. The van der Waals surface area contributed by atoms with Crippen molar-refractivity contribution in [3.8, 4) is 0 Å². The first kappa shape index (κ1) is 28.6. The molecule has 3 aromatic rings. The number of benzene rings is 3. The molecule has 0 saturated carbocycles. The first-order valence-corrected chi connectivity index (χ1v) is 14.4. The van der Waals surface area contributed by atoms with Gasteiger partial charge in [-0.3, -0.25) is 9.59 Å². The zero-order valence-corrected chi connectivity index (χ0v) is 23.8. The largest absolute Gasteiger partial charge is 0.478 e. The lowest BCUT2D eigenvalue weighted by atomic mass is 9.89. The molecule has 2 amide bonds. The number of aromatic carboxylic acids is 1. The molecule has 1 fully saturated rings. The van der Waals surface area contributed by atoms with Gasteiger partial charge in [-0.2, -0.15) is 0 Å². The third-order valence-electron chi connectivity index (χ3n) is 7.99. The van der Waals surface area contributed by atoms with Crippen molar-refractivity contribution in [3.05, 3.63) is 93.8 Å². The molecule has 3 aliphatic heterocycles. The van der Waals surface area contributed by atoms with Crippen molar-refractivity contribution in [2.45, 2.75) is 25.0 Å². The summed E-state index contributed by atoms with van der Waals surface area (Å²) < 4.78 is 14.7. The number of piperazine rings is 1. The summed E-state index contributed by atoms with van der Waals surface area (Å²) in [6.45, 7) is 3.59. The quantitative estimate of drug-likeness (QED) is 0.390. The van der Waals surface area contributed by atoms with Crippen LogP contribution in [0.4, 0.5) is 15.8 Å². The van der Waals surface area contributed by atoms with Crippen molar-refractivity contribution >= 4 is 46.5 Å². The first-order valence-electron chi connectivity index (χ1n) is 14.0. The highest BCUT2D eigenvalue weighted by atomic mass is 35.5. The molecule has 0 spiro atoms. The van der Waals surface area contributed by atoms with E-state index in [0.717, 1.165) is 37.4 Å². The van der Waals surface area contributed by atoms with Crippen molar-refractivity contribution < 1.29 is 28.7 Å². The molecule has 3 N–H and O–H groups in total. The maximum absolute atomic E-state index is 14.7. The highest BCUT2D eigenvalue weighted by Crippen LogP contribution is 2.38. The summed E-state index contributed by atoms with van der Waals surface area (Å²) in [5.41, 5.74) is 3.64. The Morgan fingerprint density at radius 2 is 1.77 bits per heavy atom. The number of amides is 2. The Morgan fingerprint density at radius 1 is 1.02 bits per heavy atom. The fourth-order valence-electron chi connectivity index (χ4n) is 5.86. The van der Waals surface area contributed by atoms with Gasteiger partial charge in [0.2, 0.25) is 6.10 Å². The van der Waals surface area contributed by atoms with Crippen LogP contribution >= 0.6 is 11.6 Å². The van der Waals surface area contributed by atoms with Crippen LogP contribution in [-0.2, 0) is 20.8 Å². The van der Waals surface area contributed by atoms with Crippen LogP contribution in [0.15, 0.2) is 65.8 Å². The summed E-state index contributed by atoms with van der Waals surface area (Å²) in [6.07, 6.45) is -0.496. The van der Waals surface area contributed by atoms with Crippen LogP contribution in [0, 0.1) is 5.82 Å². The van der Waals surface area contributed by atoms with Crippen molar-refractivity contribution in [2.24, 2.45) is 5.16 Å². The van der Waals surface area contributed by atoms with Crippen LogP contribution in [0.5, 0.6) is 0 Å². The molecule has 1 saturated heterocycles. The van der Waals surface area contributed by atoms with E-state index in [1.54, 1.807) is 6.07 Å². The Balaban J connectivity index is 1.30. The number of anilines is 2. The van der Waals surface area contributed by atoms with E-state index in [-0.39, 0.29) is 34.8 Å². The highest BCUT2D eigenvalue weighted by Gasteiger charge is 2.42. The lowest BCUT2D eigenvalue weighted by Crippen LogP contribution is -2.50. The number of hydrogen-bond donors (Lipinski definition) is 3. The summed E-state index contributed by atoms with van der Waals surface area (Å²) in [5.74, 6) is -2.61. The van der Waals surface area contributed by atoms with Crippen LogP contribution in [0.3, 0.4) is 0 Å². The number of halogens is 2. The van der Waals surface area contributed by atoms with Crippen molar-refractivity contribution in [2.75, 3.05) is 42.9 Å². The van der Waals surface area contributed by atoms with Gasteiger partial charge in [0.25, 0.3) is 11.8 Å². The van der Waals surface area contributed by atoms with E-state index in [1.807, 2.05) is 18.2 Å². The van der Waals surface area contributed by atoms with Crippen LogP contribution < -0.4 is 15.5 Å². The predicted octanol–water partition coefficient (Wildman–Crippen LogP) is 3.84. The van der Waals surface area contributed by atoms with Gasteiger partial charge in [-0.15, -0.1) is 0 Å². The Morgan fingerprint density at radius 3 is 2.51 bits per heavy atom. The molecule has 2 atom stereocenters. The van der Waals surface area contributed by atoms with Gasteiger partial charge in [-0.05, 0) is 60.0 Å². The second-order valence-corrected chi connectivity index (χ2v) is 11.0. The van der Waals surface area contributed by atoms with E-state index in [2.05, 4.69) is 20.7 Å². The van der Waals surface area contributed by atoms with Gasteiger partial charge in [0, 0.05) is 56.1 Å². The number of nitrogens with zero attached hydrogens (tertiary/aromatic N) is 3. The molecule has 3 aliphatic rings. The summed E-state index contributed by atoms with van der Waals surface area (Å²) in [6, 6.07) is 15.2. The molecule has 0 unspecified atom stereocenters. The van der Waals surface area contributed by atoms with Gasteiger partial charge in [-0.25, -0.2) is 9.18 Å². The minimum Gasteiger partial charge on any atom is -0.478 e. The summed E-state index contributed by atoms with van der Waals surface area (Å²) in [4.78, 5) is 48.5. The normalized spacial score (nSPS) is 19.7. The van der Waals surface area contributed by atoms with Crippen LogP contribution in [0.2, 0.25) is 5.02 Å². The van der Waals surface area contributed by atoms with Crippen LogP contribution in [0.25, 0.3) is 0 Å².